The quantitative estimate of drug-likeness (QED) is 0.662. The van der Waals surface area contributed by atoms with Crippen molar-refractivity contribution in [1.29, 1.82) is 5.41 Å². The van der Waals surface area contributed by atoms with Crippen molar-refractivity contribution in [2.75, 3.05) is 0 Å². The minimum absolute atomic E-state index is 0.0238. The normalized spacial score (nSPS) is 11.5. The van der Waals surface area contributed by atoms with E-state index in [1.54, 1.807) is 24.3 Å². The van der Waals surface area contributed by atoms with Gasteiger partial charge in [0, 0.05) is 24.5 Å². The topological polar surface area (TPSA) is 67.7 Å². The first kappa shape index (κ1) is 13.1. The highest BCUT2D eigenvalue weighted by Crippen LogP contribution is 2.28. The second kappa shape index (κ2) is 4.75. The summed E-state index contributed by atoms with van der Waals surface area (Å²) in [6.45, 7) is 0.0238. The van der Waals surface area contributed by atoms with Gasteiger partial charge in [-0.1, -0.05) is 18.2 Å². The molecule has 1 aromatic heterocycles. The molecule has 0 atom stereocenters. The van der Waals surface area contributed by atoms with Gasteiger partial charge in [0.05, 0.1) is 0 Å². The number of aromatic nitrogens is 2. The summed E-state index contributed by atoms with van der Waals surface area (Å²) in [5.74, 6) is -1.07. The summed E-state index contributed by atoms with van der Waals surface area (Å²) in [7, 11) is 0. The molecule has 0 aliphatic carbocycles. The van der Waals surface area contributed by atoms with Crippen molar-refractivity contribution in [2.45, 2.75) is 12.7 Å². The Balaban J connectivity index is 2.29. The van der Waals surface area contributed by atoms with Gasteiger partial charge < -0.3 is 10.3 Å². The first-order chi connectivity index (χ1) is 8.88. The van der Waals surface area contributed by atoms with E-state index in [2.05, 4.69) is 4.98 Å². The Morgan fingerprint density at radius 3 is 2.74 bits per heavy atom. The predicted octanol–water partition coefficient (Wildman–Crippen LogP) is 2.23. The largest absolute Gasteiger partial charge is 0.449 e. The number of nitrogens with zero attached hydrogens (tertiary/aromatic N) is 2. The number of amidine groups is 1. The molecule has 0 saturated heterocycles. The summed E-state index contributed by atoms with van der Waals surface area (Å²) in [5, 5.41) is 7.30. The third-order valence-electron chi connectivity index (χ3n) is 2.56. The van der Waals surface area contributed by atoms with Gasteiger partial charge in [0.15, 0.2) is 0 Å². The highest BCUT2D eigenvalue weighted by Gasteiger charge is 2.35. The van der Waals surface area contributed by atoms with E-state index < -0.39 is 12.0 Å². The smallest absolute Gasteiger partial charge is 0.384 e. The minimum atomic E-state index is -4.48. The van der Waals surface area contributed by atoms with Crippen LogP contribution in [0.15, 0.2) is 36.7 Å². The summed E-state index contributed by atoms with van der Waals surface area (Å²) < 4.78 is 39.0. The van der Waals surface area contributed by atoms with E-state index in [-0.39, 0.29) is 12.4 Å². The molecule has 0 amide bonds. The van der Waals surface area contributed by atoms with E-state index in [1.165, 1.54) is 6.20 Å². The highest BCUT2D eigenvalue weighted by molar-refractivity contribution is 5.95. The molecular formula is C12H11F3N4. The number of imidazole rings is 1. The minimum Gasteiger partial charge on any atom is -0.384 e. The van der Waals surface area contributed by atoms with Crippen molar-refractivity contribution < 1.29 is 13.2 Å². The third kappa shape index (κ3) is 2.93. The molecule has 7 heteroatoms. The van der Waals surface area contributed by atoms with Gasteiger partial charge in [0.2, 0.25) is 5.82 Å². The second-order valence-electron chi connectivity index (χ2n) is 3.99. The van der Waals surface area contributed by atoms with Crippen LogP contribution in [0.4, 0.5) is 13.2 Å². The van der Waals surface area contributed by atoms with Gasteiger partial charge in [0.25, 0.3) is 0 Å². The van der Waals surface area contributed by atoms with Gasteiger partial charge >= 0.3 is 6.18 Å². The first-order valence-corrected chi connectivity index (χ1v) is 5.39. The van der Waals surface area contributed by atoms with E-state index in [1.807, 2.05) is 0 Å². The lowest BCUT2D eigenvalue weighted by molar-refractivity contribution is -0.147. The van der Waals surface area contributed by atoms with Crippen LogP contribution in [0, 0.1) is 5.41 Å². The Labute approximate surface area is 107 Å². The van der Waals surface area contributed by atoms with E-state index in [0.29, 0.717) is 11.1 Å². The van der Waals surface area contributed by atoms with Crippen LogP contribution in [-0.4, -0.2) is 15.4 Å². The molecule has 0 radical (unpaired) electrons. The van der Waals surface area contributed by atoms with Crippen LogP contribution >= 0.6 is 0 Å². The van der Waals surface area contributed by atoms with Gasteiger partial charge in [-0.25, -0.2) is 4.98 Å². The number of alkyl halides is 3. The standard InChI is InChI=1S/C12H11F3N4/c13-12(14,15)11-18-4-5-19(11)7-8-2-1-3-9(6-8)10(16)17/h1-6H,7H2,(H3,16,17). The molecule has 0 saturated carbocycles. The zero-order valence-corrected chi connectivity index (χ0v) is 9.78. The van der Waals surface area contributed by atoms with E-state index in [4.69, 9.17) is 11.1 Å². The number of benzene rings is 1. The van der Waals surface area contributed by atoms with Crippen molar-refractivity contribution in [1.82, 2.24) is 9.55 Å². The molecule has 0 aliphatic rings. The van der Waals surface area contributed by atoms with Crippen LogP contribution in [0.5, 0.6) is 0 Å². The Hall–Kier alpha value is -2.31. The highest BCUT2D eigenvalue weighted by atomic mass is 19.4. The fourth-order valence-corrected chi connectivity index (χ4v) is 1.73. The van der Waals surface area contributed by atoms with E-state index >= 15 is 0 Å². The number of rotatable bonds is 3. The monoisotopic (exact) mass is 268 g/mol. The summed E-state index contributed by atoms with van der Waals surface area (Å²) in [6.07, 6.45) is -2.11. The SMILES string of the molecule is N=C(N)c1cccc(Cn2ccnc2C(F)(F)F)c1. The van der Waals surface area contributed by atoms with Crippen LogP contribution in [0.3, 0.4) is 0 Å². The van der Waals surface area contributed by atoms with Gasteiger partial charge in [0.1, 0.15) is 5.84 Å². The zero-order valence-electron chi connectivity index (χ0n) is 9.78. The molecule has 1 heterocycles. The summed E-state index contributed by atoms with van der Waals surface area (Å²) in [6, 6.07) is 6.54. The maximum atomic E-state index is 12.7. The predicted molar refractivity (Wildman–Crippen MR) is 63.8 cm³/mol. The molecule has 19 heavy (non-hydrogen) atoms. The molecule has 0 spiro atoms. The molecule has 1 aromatic carbocycles. The maximum Gasteiger partial charge on any atom is 0.449 e. The number of nitrogens with two attached hydrogens (primary N) is 1. The summed E-state index contributed by atoms with van der Waals surface area (Å²) >= 11 is 0. The van der Waals surface area contributed by atoms with Crippen LogP contribution in [0.25, 0.3) is 0 Å². The average Bonchev–Trinajstić information content (AvgIpc) is 2.77. The van der Waals surface area contributed by atoms with Gasteiger partial charge in [-0.15, -0.1) is 0 Å². The molecule has 0 aliphatic heterocycles. The lowest BCUT2D eigenvalue weighted by Crippen LogP contribution is -2.16. The molecule has 2 rings (SSSR count). The number of halogens is 3. The van der Waals surface area contributed by atoms with Crippen molar-refractivity contribution in [2.24, 2.45) is 5.73 Å². The average molecular weight is 268 g/mol. The second-order valence-corrected chi connectivity index (χ2v) is 3.99. The van der Waals surface area contributed by atoms with Gasteiger partial charge in [-0.05, 0) is 11.6 Å². The molecule has 0 bridgehead atoms. The lowest BCUT2D eigenvalue weighted by Gasteiger charge is -2.11. The molecule has 0 fully saturated rings. The first-order valence-electron chi connectivity index (χ1n) is 5.39. The van der Waals surface area contributed by atoms with E-state index in [0.717, 1.165) is 10.8 Å². The number of nitrogen functional groups attached to an aromatic ring is 1. The third-order valence-corrected chi connectivity index (χ3v) is 2.56. The molecular weight excluding hydrogens is 257 g/mol. The maximum absolute atomic E-state index is 12.7. The Morgan fingerprint density at radius 1 is 1.37 bits per heavy atom. The van der Waals surface area contributed by atoms with Crippen molar-refractivity contribution in [3.8, 4) is 0 Å². The molecule has 3 N–H and O–H groups in total. The number of nitrogens with one attached hydrogen (secondary N) is 1. The zero-order chi connectivity index (χ0) is 14.0. The molecule has 100 valence electrons. The van der Waals surface area contributed by atoms with Crippen LogP contribution < -0.4 is 5.73 Å². The van der Waals surface area contributed by atoms with Crippen molar-refractivity contribution in [3.05, 3.63) is 53.6 Å². The fraction of sp³-hybridized carbons (Fsp3) is 0.167. The number of hydrogen-bond acceptors (Lipinski definition) is 2. The number of hydrogen-bond donors (Lipinski definition) is 2. The Kier molecular flexibility index (Phi) is 3.28. The Bertz CT molecular complexity index is 601. The Morgan fingerprint density at radius 2 is 2.11 bits per heavy atom. The van der Waals surface area contributed by atoms with Crippen LogP contribution in [0.1, 0.15) is 17.0 Å². The fourth-order valence-electron chi connectivity index (χ4n) is 1.73. The lowest BCUT2D eigenvalue weighted by atomic mass is 10.1. The summed E-state index contributed by atoms with van der Waals surface area (Å²) in [5.41, 5.74) is 6.44. The molecule has 0 unspecified atom stereocenters. The summed E-state index contributed by atoms with van der Waals surface area (Å²) in [4.78, 5) is 3.31. The molecule has 4 nitrogen and oxygen atoms in total. The van der Waals surface area contributed by atoms with Crippen molar-refractivity contribution in [3.63, 3.8) is 0 Å². The van der Waals surface area contributed by atoms with E-state index in [9.17, 15) is 13.2 Å². The van der Waals surface area contributed by atoms with Crippen LogP contribution in [0.2, 0.25) is 0 Å². The van der Waals surface area contributed by atoms with Gasteiger partial charge in [-0.3, -0.25) is 5.41 Å². The van der Waals surface area contributed by atoms with Crippen LogP contribution in [-0.2, 0) is 12.7 Å². The van der Waals surface area contributed by atoms with Gasteiger partial charge in [-0.2, -0.15) is 13.2 Å². The van der Waals surface area contributed by atoms with Crippen molar-refractivity contribution >= 4 is 5.84 Å². The molecule has 2 aromatic rings.